The maximum absolute atomic E-state index is 12.4. The van der Waals surface area contributed by atoms with Gasteiger partial charge in [-0.15, -0.1) is 0 Å². The zero-order valence-electron chi connectivity index (χ0n) is 12.7. The molecule has 0 bridgehead atoms. The third kappa shape index (κ3) is 2.57. The second-order valence-corrected chi connectivity index (χ2v) is 6.65. The van der Waals surface area contributed by atoms with Crippen LogP contribution in [-0.2, 0) is 9.59 Å². The van der Waals surface area contributed by atoms with E-state index in [1.54, 1.807) is 0 Å². The summed E-state index contributed by atoms with van der Waals surface area (Å²) in [6.45, 7) is 5.76. The second kappa shape index (κ2) is 5.38. The molecule has 1 aliphatic heterocycles. The first-order valence-electron chi connectivity index (χ1n) is 8.26. The van der Waals surface area contributed by atoms with Crippen LogP contribution < -0.4 is 0 Å². The van der Waals surface area contributed by atoms with Crippen LogP contribution in [-0.4, -0.2) is 46.8 Å². The van der Waals surface area contributed by atoms with Crippen molar-refractivity contribution in [1.82, 2.24) is 9.80 Å². The van der Waals surface area contributed by atoms with E-state index in [1.807, 2.05) is 0 Å². The Morgan fingerprint density at radius 3 is 1.40 bits per heavy atom. The van der Waals surface area contributed by atoms with E-state index in [0.29, 0.717) is 11.8 Å². The van der Waals surface area contributed by atoms with Gasteiger partial charge in [0.15, 0.2) is 0 Å². The van der Waals surface area contributed by atoms with Gasteiger partial charge in [-0.25, -0.2) is 0 Å². The van der Waals surface area contributed by atoms with E-state index in [4.69, 9.17) is 0 Å². The summed E-state index contributed by atoms with van der Waals surface area (Å²) in [7, 11) is 0. The highest BCUT2D eigenvalue weighted by Crippen LogP contribution is 2.36. The Hall–Kier alpha value is -1.06. The van der Waals surface area contributed by atoms with Crippen LogP contribution in [0, 0.1) is 11.8 Å². The van der Waals surface area contributed by atoms with Gasteiger partial charge in [-0.1, -0.05) is 13.8 Å². The Balaban J connectivity index is 1.73. The van der Waals surface area contributed by atoms with Gasteiger partial charge in [-0.3, -0.25) is 9.59 Å². The highest BCUT2D eigenvalue weighted by atomic mass is 16.2. The van der Waals surface area contributed by atoms with Gasteiger partial charge in [0.2, 0.25) is 11.8 Å². The minimum Gasteiger partial charge on any atom is -0.336 e. The fraction of sp³-hybridized carbons (Fsp3) is 0.875. The molecule has 112 valence electrons. The molecule has 3 fully saturated rings. The highest BCUT2D eigenvalue weighted by molar-refractivity contribution is 5.83. The summed E-state index contributed by atoms with van der Waals surface area (Å²) >= 11 is 0. The maximum Gasteiger partial charge on any atom is 0.226 e. The maximum atomic E-state index is 12.4. The van der Waals surface area contributed by atoms with Crippen molar-refractivity contribution in [2.45, 2.75) is 64.5 Å². The molecule has 0 aromatic carbocycles. The second-order valence-electron chi connectivity index (χ2n) is 6.65. The molecule has 0 radical (unpaired) electrons. The number of nitrogens with zero attached hydrogens (tertiary/aromatic N) is 2. The van der Waals surface area contributed by atoms with Crippen molar-refractivity contribution in [1.29, 1.82) is 0 Å². The SMILES string of the molecule is CC[C@@H]1CN(C(=O)C2CC2)[C@@H](CC)CN1C(=O)C1CC1. The van der Waals surface area contributed by atoms with Crippen molar-refractivity contribution in [3.63, 3.8) is 0 Å². The lowest BCUT2D eigenvalue weighted by atomic mass is 10.0. The molecule has 0 unspecified atom stereocenters. The van der Waals surface area contributed by atoms with Crippen LogP contribution in [0.15, 0.2) is 0 Å². The van der Waals surface area contributed by atoms with Crippen LogP contribution in [0.4, 0.5) is 0 Å². The van der Waals surface area contributed by atoms with Crippen molar-refractivity contribution in [2.24, 2.45) is 11.8 Å². The van der Waals surface area contributed by atoms with Crippen LogP contribution in [0.3, 0.4) is 0 Å². The molecule has 2 atom stereocenters. The average molecular weight is 278 g/mol. The molecule has 0 aromatic heterocycles. The van der Waals surface area contributed by atoms with Gasteiger partial charge in [0.1, 0.15) is 0 Å². The smallest absolute Gasteiger partial charge is 0.226 e. The minimum atomic E-state index is 0.230. The zero-order valence-corrected chi connectivity index (χ0v) is 12.7. The van der Waals surface area contributed by atoms with Crippen LogP contribution in [0.5, 0.6) is 0 Å². The number of amides is 2. The van der Waals surface area contributed by atoms with Crippen molar-refractivity contribution in [2.75, 3.05) is 13.1 Å². The highest BCUT2D eigenvalue weighted by Gasteiger charge is 2.44. The lowest BCUT2D eigenvalue weighted by Gasteiger charge is -2.46. The van der Waals surface area contributed by atoms with E-state index in [1.165, 1.54) is 0 Å². The molecule has 1 heterocycles. The average Bonchev–Trinajstić information content (AvgIpc) is 3.34. The summed E-state index contributed by atoms with van der Waals surface area (Å²) in [5.41, 5.74) is 0. The Bertz CT molecular complexity index is 363. The standard InChI is InChI=1S/C16H26N2O2/c1-3-13-9-18(16(20)12-7-8-12)14(4-2)10-17(13)15(19)11-5-6-11/h11-14H,3-10H2,1-2H3/t13-,14+. The molecule has 2 aliphatic carbocycles. The first-order chi connectivity index (χ1) is 9.65. The van der Waals surface area contributed by atoms with Crippen molar-refractivity contribution in [3.8, 4) is 0 Å². The Labute approximate surface area is 121 Å². The molecule has 20 heavy (non-hydrogen) atoms. The molecule has 4 heteroatoms. The predicted molar refractivity (Wildman–Crippen MR) is 77.0 cm³/mol. The lowest BCUT2D eigenvalue weighted by Crippen LogP contribution is -2.61. The van der Waals surface area contributed by atoms with Gasteiger partial charge in [-0.2, -0.15) is 0 Å². The van der Waals surface area contributed by atoms with E-state index >= 15 is 0 Å². The Morgan fingerprint density at radius 1 is 0.800 bits per heavy atom. The lowest BCUT2D eigenvalue weighted by molar-refractivity contribution is -0.148. The van der Waals surface area contributed by atoms with Gasteiger partial charge in [0.05, 0.1) is 0 Å². The van der Waals surface area contributed by atoms with Gasteiger partial charge >= 0.3 is 0 Å². The van der Waals surface area contributed by atoms with Crippen molar-refractivity contribution < 1.29 is 9.59 Å². The predicted octanol–water partition coefficient (Wildman–Crippen LogP) is 2.03. The van der Waals surface area contributed by atoms with E-state index in [9.17, 15) is 9.59 Å². The Morgan fingerprint density at radius 2 is 1.15 bits per heavy atom. The van der Waals surface area contributed by atoms with Gasteiger partial charge in [0.25, 0.3) is 0 Å². The number of hydrogen-bond donors (Lipinski definition) is 0. The molecular formula is C16H26N2O2. The zero-order chi connectivity index (χ0) is 14.3. The number of piperazine rings is 1. The number of hydrogen-bond acceptors (Lipinski definition) is 2. The normalized spacial score (nSPS) is 30.5. The molecule has 4 nitrogen and oxygen atoms in total. The first kappa shape index (κ1) is 13.9. The summed E-state index contributed by atoms with van der Waals surface area (Å²) < 4.78 is 0. The van der Waals surface area contributed by atoms with E-state index in [0.717, 1.165) is 51.6 Å². The van der Waals surface area contributed by atoms with Gasteiger partial charge in [0, 0.05) is 37.0 Å². The monoisotopic (exact) mass is 278 g/mol. The first-order valence-corrected chi connectivity index (χ1v) is 8.26. The van der Waals surface area contributed by atoms with Gasteiger partial charge in [-0.05, 0) is 38.5 Å². The summed E-state index contributed by atoms with van der Waals surface area (Å²) in [5.74, 6) is 1.25. The van der Waals surface area contributed by atoms with Crippen LogP contribution in [0.25, 0.3) is 0 Å². The number of carbonyl (C=O) groups is 2. The largest absolute Gasteiger partial charge is 0.336 e. The molecule has 3 aliphatic rings. The van der Waals surface area contributed by atoms with Gasteiger partial charge < -0.3 is 9.80 Å². The summed E-state index contributed by atoms with van der Waals surface area (Å²) in [5, 5.41) is 0. The minimum absolute atomic E-state index is 0.230. The third-order valence-electron chi connectivity index (χ3n) is 5.06. The molecule has 2 saturated carbocycles. The number of carbonyl (C=O) groups excluding carboxylic acids is 2. The van der Waals surface area contributed by atoms with E-state index in [-0.39, 0.29) is 23.9 Å². The fourth-order valence-electron chi connectivity index (χ4n) is 3.32. The molecule has 0 aromatic rings. The van der Waals surface area contributed by atoms with E-state index < -0.39 is 0 Å². The van der Waals surface area contributed by atoms with Crippen LogP contribution in [0.1, 0.15) is 52.4 Å². The van der Waals surface area contributed by atoms with Crippen LogP contribution >= 0.6 is 0 Å². The third-order valence-corrected chi connectivity index (χ3v) is 5.06. The molecule has 1 saturated heterocycles. The Kier molecular flexibility index (Phi) is 3.74. The van der Waals surface area contributed by atoms with E-state index in [2.05, 4.69) is 23.6 Å². The summed E-state index contributed by atoms with van der Waals surface area (Å²) in [6.07, 6.45) is 6.15. The number of rotatable bonds is 4. The molecule has 0 spiro atoms. The molecule has 0 N–H and O–H groups in total. The quantitative estimate of drug-likeness (QED) is 0.789. The van der Waals surface area contributed by atoms with Crippen molar-refractivity contribution in [3.05, 3.63) is 0 Å². The summed E-state index contributed by atoms with van der Waals surface area (Å²) in [6, 6.07) is 0.460. The summed E-state index contributed by atoms with van der Waals surface area (Å²) in [4.78, 5) is 29.0. The fourth-order valence-corrected chi connectivity index (χ4v) is 3.32. The topological polar surface area (TPSA) is 40.6 Å². The molecule has 2 amide bonds. The molecular weight excluding hydrogens is 252 g/mol. The van der Waals surface area contributed by atoms with Crippen molar-refractivity contribution >= 4 is 11.8 Å². The van der Waals surface area contributed by atoms with Crippen LogP contribution in [0.2, 0.25) is 0 Å². The molecule has 3 rings (SSSR count).